The number of rotatable bonds is 4. The van der Waals surface area contributed by atoms with E-state index in [0.717, 1.165) is 4.90 Å². The molecule has 2 fully saturated rings. The lowest BCUT2D eigenvalue weighted by Gasteiger charge is -2.36. The van der Waals surface area contributed by atoms with Crippen molar-refractivity contribution in [3.8, 4) is 0 Å². The monoisotopic (exact) mass is 467 g/mol. The molecule has 0 aliphatic carbocycles. The number of anilines is 1. The van der Waals surface area contributed by atoms with Crippen molar-refractivity contribution in [2.45, 2.75) is 17.4 Å². The summed E-state index contributed by atoms with van der Waals surface area (Å²) < 4.78 is 27.1. The Balaban J connectivity index is 1.46. The maximum atomic E-state index is 13.0. The van der Waals surface area contributed by atoms with Gasteiger partial charge in [-0.15, -0.1) is 0 Å². The van der Waals surface area contributed by atoms with E-state index in [1.807, 2.05) is 4.90 Å². The van der Waals surface area contributed by atoms with Crippen LogP contribution in [0.2, 0.25) is 10.0 Å². The minimum atomic E-state index is -3.64. The molecule has 2 aromatic rings. The molecule has 2 aliphatic rings. The number of amides is 2. The molecule has 0 bridgehead atoms. The van der Waals surface area contributed by atoms with Crippen LogP contribution < -0.4 is 4.90 Å². The Morgan fingerprint density at radius 1 is 0.867 bits per heavy atom. The predicted octanol–water partition coefficient (Wildman–Crippen LogP) is 2.63. The molecule has 10 heteroatoms. The quantitative estimate of drug-likeness (QED) is 0.645. The van der Waals surface area contributed by atoms with E-state index in [1.165, 1.54) is 28.6 Å². The van der Waals surface area contributed by atoms with Crippen molar-refractivity contribution >= 4 is 50.7 Å². The molecule has 0 radical (unpaired) electrons. The fourth-order valence-electron chi connectivity index (χ4n) is 3.80. The van der Waals surface area contributed by atoms with Gasteiger partial charge in [0.05, 0.1) is 28.1 Å². The van der Waals surface area contributed by atoms with E-state index in [9.17, 15) is 18.0 Å². The Morgan fingerprint density at radius 3 is 2.13 bits per heavy atom. The number of piperazine rings is 1. The summed E-state index contributed by atoms with van der Waals surface area (Å²) in [5.74, 6) is -0.642. The van der Waals surface area contributed by atoms with Gasteiger partial charge in [0.25, 0.3) is 5.91 Å². The van der Waals surface area contributed by atoms with Crippen LogP contribution in [0.4, 0.5) is 5.69 Å². The number of hydrogen-bond donors (Lipinski definition) is 0. The van der Waals surface area contributed by atoms with Crippen molar-refractivity contribution in [1.82, 2.24) is 9.21 Å². The summed E-state index contributed by atoms with van der Waals surface area (Å²) in [7, 11) is -3.64. The smallest absolute Gasteiger partial charge is 0.251 e. The summed E-state index contributed by atoms with van der Waals surface area (Å²) in [5, 5.41) is 0.796. The SMILES string of the molecule is O=C1CC(N2CCN(S(=O)(=O)c3ccc(Cl)cc3)CC2)C(=O)N1c1ccccc1Cl. The van der Waals surface area contributed by atoms with Crippen molar-refractivity contribution in [1.29, 1.82) is 0 Å². The number of sulfonamides is 1. The highest BCUT2D eigenvalue weighted by Gasteiger charge is 2.44. The molecule has 158 valence electrons. The first-order valence-electron chi connectivity index (χ1n) is 9.40. The molecule has 0 aromatic heterocycles. The van der Waals surface area contributed by atoms with Crippen molar-refractivity contribution in [2.24, 2.45) is 0 Å². The second-order valence-corrected chi connectivity index (χ2v) is 9.91. The summed E-state index contributed by atoms with van der Waals surface area (Å²) in [5.41, 5.74) is 0.376. The van der Waals surface area contributed by atoms with Crippen LogP contribution in [0.3, 0.4) is 0 Å². The molecule has 0 N–H and O–H groups in total. The van der Waals surface area contributed by atoms with E-state index in [0.29, 0.717) is 28.8 Å². The largest absolute Gasteiger partial charge is 0.289 e. The third-order valence-corrected chi connectivity index (χ3v) is 7.87. The van der Waals surface area contributed by atoms with Crippen LogP contribution in [0, 0.1) is 0 Å². The summed E-state index contributed by atoms with van der Waals surface area (Å²) in [6, 6.07) is 12.1. The number of para-hydroxylation sites is 1. The number of carbonyl (C=O) groups is 2. The van der Waals surface area contributed by atoms with E-state index >= 15 is 0 Å². The molecule has 2 aliphatic heterocycles. The van der Waals surface area contributed by atoms with Crippen molar-refractivity contribution in [3.05, 3.63) is 58.6 Å². The summed E-state index contributed by atoms with van der Waals surface area (Å²) >= 11 is 12.0. The third kappa shape index (κ3) is 3.86. The molecule has 0 spiro atoms. The van der Waals surface area contributed by atoms with Crippen molar-refractivity contribution in [3.63, 3.8) is 0 Å². The number of benzene rings is 2. The lowest BCUT2D eigenvalue weighted by molar-refractivity contribution is -0.123. The molecular weight excluding hydrogens is 449 g/mol. The Bertz CT molecular complexity index is 1080. The molecule has 0 saturated carbocycles. The van der Waals surface area contributed by atoms with Gasteiger partial charge in [-0.25, -0.2) is 13.3 Å². The number of carbonyl (C=O) groups excluding carboxylic acids is 2. The number of halogens is 2. The second-order valence-electron chi connectivity index (χ2n) is 7.13. The van der Waals surface area contributed by atoms with Crippen LogP contribution >= 0.6 is 23.2 Å². The average molecular weight is 468 g/mol. The maximum absolute atomic E-state index is 13.0. The number of hydrogen-bond acceptors (Lipinski definition) is 5. The predicted molar refractivity (Wildman–Crippen MR) is 114 cm³/mol. The molecule has 1 unspecified atom stereocenters. The highest BCUT2D eigenvalue weighted by atomic mass is 35.5. The zero-order valence-corrected chi connectivity index (χ0v) is 18.2. The van der Waals surface area contributed by atoms with Crippen LogP contribution in [0.25, 0.3) is 0 Å². The molecule has 2 saturated heterocycles. The molecule has 2 amide bonds. The second kappa shape index (κ2) is 8.28. The van der Waals surface area contributed by atoms with E-state index in [2.05, 4.69) is 0 Å². The number of imide groups is 1. The maximum Gasteiger partial charge on any atom is 0.251 e. The van der Waals surface area contributed by atoms with E-state index in [4.69, 9.17) is 23.2 Å². The molecule has 30 heavy (non-hydrogen) atoms. The van der Waals surface area contributed by atoms with Gasteiger partial charge in [0, 0.05) is 31.2 Å². The highest BCUT2D eigenvalue weighted by Crippen LogP contribution is 2.32. The first-order chi connectivity index (χ1) is 14.3. The van der Waals surface area contributed by atoms with Crippen LogP contribution in [-0.4, -0.2) is 61.7 Å². The molecule has 7 nitrogen and oxygen atoms in total. The van der Waals surface area contributed by atoms with Gasteiger partial charge in [-0.1, -0.05) is 35.3 Å². The Kier molecular flexibility index (Phi) is 5.87. The summed E-state index contributed by atoms with van der Waals surface area (Å²) in [6.07, 6.45) is 0.0496. The van der Waals surface area contributed by atoms with E-state index in [1.54, 1.807) is 24.3 Å². The molecule has 2 heterocycles. The van der Waals surface area contributed by atoms with Gasteiger partial charge in [-0.05, 0) is 36.4 Å². The fraction of sp³-hybridized carbons (Fsp3) is 0.300. The van der Waals surface area contributed by atoms with E-state index < -0.39 is 16.1 Å². The van der Waals surface area contributed by atoms with Crippen LogP contribution in [-0.2, 0) is 19.6 Å². The molecule has 1 atom stereocenters. The fourth-order valence-corrected chi connectivity index (χ4v) is 5.57. The minimum Gasteiger partial charge on any atom is -0.289 e. The lowest BCUT2D eigenvalue weighted by atomic mass is 10.2. The zero-order chi connectivity index (χ0) is 21.5. The normalized spacial score (nSPS) is 21.4. The lowest BCUT2D eigenvalue weighted by Crippen LogP contribution is -2.53. The number of nitrogens with zero attached hydrogens (tertiary/aromatic N) is 3. The Hall–Kier alpha value is -1.97. The van der Waals surface area contributed by atoms with Gasteiger partial charge in [0.1, 0.15) is 0 Å². The van der Waals surface area contributed by atoms with Gasteiger partial charge in [0.15, 0.2) is 0 Å². The topological polar surface area (TPSA) is 78.0 Å². The standard InChI is InChI=1S/C20H19Cl2N3O4S/c21-14-5-7-15(8-6-14)30(28,29)24-11-9-23(10-12-24)18-13-19(26)25(20(18)27)17-4-2-1-3-16(17)22/h1-8,18H,9-13H2. The van der Waals surface area contributed by atoms with Gasteiger partial charge in [-0.3, -0.25) is 14.5 Å². The highest BCUT2D eigenvalue weighted by molar-refractivity contribution is 7.89. The van der Waals surface area contributed by atoms with Gasteiger partial charge in [-0.2, -0.15) is 4.31 Å². The zero-order valence-electron chi connectivity index (χ0n) is 15.9. The first-order valence-corrected chi connectivity index (χ1v) is 11.6. The summed E-state index contributed by atoms with van der Waals surface area (Å²) in [4.78, 5) is 28.7. The van der Waals surface area contributed by atoms with Gasteiger partial charge in [0.2, 0.25) is 15.9 Å². The minimum absolute atomic E-state index is 0.0496. The van der Waals surface area contributed by atoms with Crippen LogP contribution in [0.15, 0.2) is 53.4 Å². The van der Waals surface area contributed by atoms with E-state index in [-0.39, 0.29) is 36.2 Å². The van der Waals surface area contributed by atoms with Gasteiger partial charge < -0.3 is 0 Å². The van der Waals surface area contributed by atoms with Crippen LogP contribution in [0.1, 0.15) is 6.42 Å². The first kappa shape index (κ1) is 21.3. The Labute approximate surface area is 184 Å². The summed E-state index contributed by atoms with van der Waals surface area (Å²) in [6.45, 7) is 1.17. The average Bonchev–Trinajstić information content (AvgIpc) is 3.03. The Morgan fingerprint density at radius 2 is 1.50 bits per heavy atom. The van der Waals surface area contributed by atoms with Gasteiger partial charge >= 0.3 is 0 Å². The third-order valence-electron chi connectivity index (χ3n) is 5.38. The molecule has 4 rings (SSSR count). The van der Waals surface area contributed by atoms with Crippen molar-refractivity contribution in [2.75, 3.05) is 31.1 Å². The van der Waals surface area contributed by atoms with Crippen molar-refractivity contribution < 1.29 is 18.0 Å². The molecule has 2 aromatic carbocycles. The van der Waals surface area contributed by atoms with Crippen LogP contribution in [0.5, 0.6) is 0 Å². The molecular formula is C20H19Cl2N3O4S.